The van der Waals surface area contributed by atoms with Crippen LogP contribution in [0.2, 0.25) is 0 Å². The second-order valence-corrected chi connectivity index (χ2v) is 5.50. The summed E-state index contributed by atoms with van der Waals surface area (Å²) in [5.41, 5.74) is 3.08. The SMILES string of the molecule is O=[N+]([O-])c1ccc(N2CCCC(CO)C2)c2c1CC=C2. The highest BCUT2D eigenvalue weighted by Gasteiger charge is 2.26. The largest absolute Gasteiger partial charge is 0.396 e. The highest BCUT2D eigenvalue weighted by molar-refractivity contribution is 5.78. The van der Waals surface area contributed by atoms with Gasteiger partial charge in [0.1, 0.15) is 0 Å². The first-order valence-corrected chi connectivity index (χ1v) is 7.03. The number of fused-ring (bicyclic) bond motifs is 1. The molecule has 1 N–H and O–H groups in total. The molecule has 1 aliphatic carbocycles. The Hall–Kier alpha value is -1.88. The van der Waals surface area contributed by atoms with Gasteiger partial charge in [0, 0.05) is 42.6 Å². The number of hydrogen-bond donors (Lipinski definition) is 1. The van der Waals surface area contributed by atoms with Crippen molar-refractivity contribution in [1.29, 1.82) is 0 Å². The number of hydrogen-bond acceptors (Lipinski definition) is 4. The zero-order chi connectivity index (χ0) is 14.1. The smallest absolute Gasteiger partial charge is 0.273 e. The van der Waals surface area contributed by atoms with Gasteiger partial charge in [0.2, 0.25) is 0 Å². The fourth-order valence-electron chi connectivity index (χ4n) is 3.22. The van der Waals surface area contributed by atoms with Crippen molar-refractivity contribution in [3.05, 3.63) is 39.4 Å². The van der Waals surface area contributed by atoms with Crippen LogP contribution in [-0.2, 0) is 6.42 Å². The minimum absolute atomic E-state index is 0.210. The molecule has 1 heterocycles. The molecule has 1 saturated heterocycles. The third-order valence-corrected chi connectivity index (χ3v) is 4.23. The van der Waals surface area contributed by atoms with Gasteiger partial charge in [0.15, 0.2) is 0 Å². The van der Waals surface area contributed by atoms with Gasteiger partial charge in [-0.2, -0.15) is 0 Å². The molecular weight excluding hydrogens is 256 g/mol. The van der Waals surface area contributed by atoms with Crippen molar-refractivity contribution in [3.8, 4) is 0 Å². The number of aliphatic hydroxyl groups is 1. The van der Waals surface area contributed by atoms with E-state index < -0.39 is 0 Å². The fraction of sp³-hybridized carbons (Fsp3) is 0.467. The van der Waals surface area contributed by atoms with Crippen LogP contribution < -0.4 is 4.90 Å². The molecule has 0 aromatic heterocycles. The maximum Gasteiger partial charge on any atom is 0.273 e. The van der Waals surface area contributed by atoms with E-state index in [1.54, 1.807) is 6.07 Å². The Morgan fingerprint density at radius 3 is 3.05 bits per heavy atom. The summed E-state index contributed by atoms with van der Waals surface area (Å²) < 4.78 is 0. The predicted octanol–water partition coefficient (Wildman–Crippen LogP) is 2.37. The van der Waals surface area contributed by atoms with Crippen LogP contribution in [0.1, 0.15) is 24.0 Å². The number of rotatable bonds is 3. The van der Waals surface area contributed by atoms with Gasteiger partial charge in [-0.3, -0.25) is 10.1 Å². The molecule has 1 fully saturated rings. The Balaban J connectivity index is 1.96. The van der Waals surface area contributed by atoms with Crippen molar-refractivity contribution < 1.29 is 10.0 Å². The molecule has 1 atom stereocenters. The van der Waals surface area contributed by atoms with Crippen molar-refractivity contribution in [2.75, 3.05) is 24.6 Å². The monoisotopic (exact) mass is 274 g/mol. The number of nitro benzene ring substituents is 1. The molecule has 1 aromatic carbocycles. The molecule has 0 radical (unpaired) electrons. The summed E-state index contributed by atoms with van der Waals surface area (Å²) in [5.74, 6) is 0.306. The van der Waals surface area contributed by atoms with Crippen LogP contribution in [0, 0.1) is 16.0 Å². The third kappa shape index (κ3) is 2.18. The quantitative estimate of drug-likeness (QED) is 0.678. The normalized spacial score (nSPS) is 21.1. The minimum atomic E-state index is -0.303. The first kappa shape index (κ1) is 13.1. The summed E-state index contributed by atoms with van der Waals surface area (Å²) in [5, 5.41) is 20.4. The molecule has 0 saturated carbocycles. The molecule has 1 aromatic rings. The van der Waals surface area contributed by atoms with Gasteiger partial charge in [-0.1, -0.05) is 12.2 Å². The van der Waals surface area contributed by atoms with Crippen LogP contribution in [0.5, 0.6) is 0 Å². The number of allylic oxidation sites excluding steroid dienone is 1. The van der Waals surface area contributed by atoms with Crippen LogP contribution in [-0.4, -0.2) is 29.7 Å². The lowest BCUT2D eigenvalue weighted by atomic mass is 9.96. The second kappa shape index (κ2) is 5.25. The minimum Gasteiger partial charge on any atom is -0.396 e. The molecular formula is C15H18N2O3. The van der Waals surface area contributed by atoms with Gasteiger partial charge >= 0.3 is 0 Å². The number of benzene rings is 1. The van der Waals surface area contributed by atoms with Crippen LogP contribution in [0.15, 0.2) is 18.2 Å². The Bertz CT molecular complexity index is 568. The van der Waals surface area contributed by atoms with E-state index in [2.05, 4.69) is 4.90 Å². The molecule has 5 nitrogen and oxygen atoms in total. The summed E-state index contributed by atoms with van der Waals surface area (Å²) in [6.45, 7) is 1.99. The average molecular weight is 274 g/mol. The lowest BCUT2D eigenvalue weighted by molar-refractivity contribution is -0.385. The molecule has 0 bridgehead atoms. The Kier molecular flexibility index (Phi) is 3.44. The van der Waals surface area contributed by atoms with E-state index in [0.717, 1.165) is 42.7 Å². The van der Waals surface area contributed by atoms with Crippen LogP contribution >= 0.6 is 0 Å². The second-order valence-electron chi connectivity index (χ2n) is 5.50. The lowest BCUT2D eigenvalue weighted by Gasteiger charge is -2.34. The maximum absolute atomic E-state index is 11.1. The maximum atomic E-state index is 11.1. The topological polar surface area (TPSA) is 66.6 Å². The molecule has 5 heteroatoms. The summed E-state index contributed by atoms with van der Waals surface area (Å²) in [7, 11) is 0. The van der Waals surface area contributed by atoms with Crippen molar-refractivity contribution in [2.45, 2.75) is 19.3 Å². The van der Waals surface area contributed by atoms with Gasteiger partial charge in [0.25, 0.3) is 5.69 Å². The molecule has 20 heavy (non-hydrogen) atoms. The van der Waals surface area contributed by atoms with Gasteiger partial charge in [-0.05, 0) is 31.2 Å². The van der Waals surface area contributed by atoms with Crippen molar-refractivity contribution >= 4 is 17.5 Å². The van der Waals surface area contributed by atoms with E-state index >= 15 is 0 Å². The Labute approximate surface area is 117 Å². The Morgan fingerprint density at radius 1 is 1.45 bits per heavy atom. The van der Waals surface area contributed by atoms with Gasteiger partial charge in [-0.15, -0.1) is 0 Å². The summed E-state index contributed by atoms with van der Waals surface area (Å²) in [6, 6.07) is 3.47. The van der Waals surface area contributed by atoms with Crippen LogP contribution in [0.25, 0.3) is 6.08 Å². The number of piperidine rings is 1. The molecule has 3 rings (SSSR count). The number of nitro groups is 1. The van der Waals surface area contributed by atoms with E-state index in [-0.39, 0.29) is 17.2 Å². The third-order valence-electron chi connectivity index (χ3n) is 4.23. The number of anilines is 1. The van der Waals surface area contributed by atoms with E-state index in [1.807, 2.05) is 18.2 Å². The zero-order valence-electron chi connectivity index (χ0n) is 11.3. The van der Waals surface area contributed by atoms with Crippen molar-refractivity contribution in [1.82, 2.24) is 0 Å². The Morgan fingerprint density at radius 2 is 2.30 bits per heavy atom. The standard InChI is InChI=1S/C15H18N2O3/c18-10-11-3-2-8-16(9-11)14-6-7-15(17(19)20)13-5-1-4-12(13)14/h1,4,6-7,11,18H,2-3,5,8-10H2. The van der Waals surface area contributed by atoms with E-state index in [1.165, 1.54) is 0 Å². The highest BCUT2D eigenvalue weighted by Crippen LogP contribution is 2.37. The summed E-state index contributed by atoms with van der Waals surface area (Å²) >= 11 is 0. The zero-order valence-corrected chi connectivity index (χ0v) is 11.3. The average Bonchev–Trinajstić information content (AvgIpc) is 2.95. The van der Waals surface area contributed by atoms with E-state index in [0.29, 0.717) is 12.3 Å². The van der Waals surface area contributed by atoms with Gasteiger partial charge in [-0.25, -0.2) is 0 Å². The van der Waals surface area contributed by atoms with Crippen LogP contribution in [0.4, 0.5) is 11.4 Å². The predicted molar refractivity (Wildman–Crippen MR) is 77.9 cm³/mol. The molecule has 0 spiro atoms. The number of aliphatic hydroxyl groups excluding tert-OH is 1. The first-order valence-electron chi connectivity index (χ1n) is 7.03. The van der Waals surface area contributed by atoms with Gasteiger partial charge < -0.3 is 10.0 Å². The summed E-state index contributed by atoms with van der Waals surface area (Å²) in [6.07, 6.45) is 6.71. The molecule has 2 aliphatic rings. The highest BCUT2D eigenvalue weighted by atomic mass is 16.6. The number of nitrogens with zero attached hydrogens (tertiary/aromatic N) is 2. The van der Waals surface area contributed by atoms with Crippen molar-refractivity contribution in [2.24, 2.45) is 5.92 Å². The fourth-order valence-corrected chi connectivity index (χ4v) is 3.22. The lowest BCUT2D eigenvalue weighted by Crippen LogP contribution is -2.37. The van der Waals surface area contributed by atoms with E-state index in [4.69, 9.17) is 0 Å². The summed E-state index contributed by atoms with van der Waals surface area (Å²) in [4.78, 5) is 13.0. The van der Waals surface area contributed by atoms with Gasteiger partial charge in [0.05, 0.1) is 4.92 Å². The molecule has 1 unspecified atom stereocenters. The van der Waals surface area contributed by atoms with Crippen LogP contribution in [0.3, 0.4) is 0 Å². The van der Waals surface area contributed by atoms with E-state index in [9.17, 15) is 15.2 Å². The van der Waals surface area contributed by atoms with Crippen molar-refractivity contribution in [3.63, 3.8) is 0 Å². The molecule has 106 valence electrons. The molecule has 0 amide bonds. The first-order chi connectivity index (χ1) is 9.70. The molecule has 1 aliphatic heterocycles.